The van der Waals surface area contributed by atoms with Gasteiger partial charge in [0.1, 0.15) is 5.82 Å². The third-order valence-electron chi connectivity index (χ3n) is 2.74. The minimum Gasteiger partial charge on any atom is -0.367 e. The van der Waals surface area contributed by atoms with Gasteiger partial charge in [0, 0.05) is 31.4 Å². The highest BCUT2D eigenvalue weighted by Crippen LogP contribution is 2.12. The Kier molecular flexibility index (Phi) is 3.52. The van der Waals surface area contributed by atoms with Gasteiger partial charge in [-0.25, -0.2) is 0 Å². The highest BCUT2D eigenvalue weighted by Gasteiger charge is 2.19. The number of anilines is 1. The van der Waals surface area contributed by atoms with Crippen molar-refractivity contribution in [1.29, 1.82) is 0 Å². The second-order valence-electron chi connectivity index (χ2n) is 3.80. The molecule has 0 bridgehead atoms. The Hall–Kier alpha value is -1.03. The fourth-order valence-electron chi connectivity index (χ4n) is 1.28. The highest BCUT2D eigenvalue weighted by molar-refractivity contribution is 5.32. The fourth-order valence-corrected chi connectivity index (χ4v) is 1.28. The summed E-state index contributed by atoms with van der Waals surface area (Å²) in [6.07, 6.45) is 3.87. The summed E-state index contributed by atoms with van der Waals surface area (Å²) in [5.74, 6) is 0.893. The van der Waals surface area contributed by atoms with Crippen LogP contribution >= 0.6 is 0 Å². The molecule has 0 saturated carbocycles. The lowest BCUT2D eigenvalue weighted by molar-refractivity contribution is 0.417. The monoisotopic (exact) mass is 196 g/mol. The number of rotatable bonds is 5. The summed E-state index contributed by atoms with van der Waals surface area (Å²) in [4.78, 5) is 0. The van der Waals surface area contributed by atoms with E-state index < -0.39 is 0 Å². The average molecular weight is 196 g/mol. The number of nitrogens with one attached hydrogen (secondary N) is 1. The predicted molar refractivity (Wildman–Crippen MR) is 59.2 cm³/mol. The SMILES string of the molecule is CCC(N)(CC)CNc1ccn(C)n1. The van der Waals surface area contributed by atoms with E-state index in [0.717, 1.165) is 25.2 Å². The Morgan fingerprint density at radius 3 is 2.57 bits per heavy atom. The van der Waals surface area contributed by atoms with E-state index >= 15 is 0 Å². The number of hydrogen-bond donors (Lipinski definition) is 2. The van der Waals surface area contributed by atoms with Crippen molar-refractivity contribution >= 4 is 5.82 Å². The Labute approximate surface area is 85.5 Å². The number of hydrogen-bond acceptors (Lipinski definition) is 3. The zero-order valence-corrected chi connectivity index (χ0v) is 9.25. The molecule has 0 unspecified atom stereocenters. The molecule has 0 atom stereocenters. The number of aryl methyl sites for hydroxylation is 1. The fraction of sp³-hybridized carbons (Fsp3) is 0.700. The molecule has 14 heavy (non-hydrogen) atoms. The third kappa shape index (κ3) is 2.73. The molecule has 0 spiro atoms. The molecule has 0 fully saturated rings. The maximum absolute atomic E-state index is 6.15. The number of aromatic nitrogens is 2. The van der Waals surface area contributed by atoms with Gasteiger partial charge in [0.2, 0.25) is 0 Å². The molecule has 4 heteroatoms. The number of nitrogens with zero attached hydrogens (tertiary/aromatic N) is 2. The standard InChI is InChI=1S/C10H20N4/c1-4-10(11,5-2)8-12-9-6-7-14(3)13-9/h6-7H,4-5,8,11H2,1-3H3,(H,12,13). The van der Waals surface area contributed by atoms with E-state index in [1.165, 1.54) is 0 Å². The van der Waals surface area contributed by atoms with E-state index in [9.17, 15) is 0 Å². The zero-order valence-electron chi connectivity index (χ0n) is 9.25. The second kappa shape index (κ2) is 4.46. The minimum absolute atomic E-state index is 0.114. The van der Waals surface area contributed by atoms with Gasteiger partial charge in [0.25, 0.3) is 0 Å². The lowest BCUT2D eigenvalue weighted by Gasteiger charge is -2.26. The van der Waals surface area contributed by atoms with Crippen molar-refractivity contribution in [2.24, 2.45) is 12.8 Å². The Morgan fingerprint density at radius 1 is 1.50 bits per heavy atom. The first-order valence-corrected chi connectivity index (χ1v) is 5.12. The molecule has 1 rings (SSSR count). The van der Waals surface area contributed by atoms with Gasteiger partial charge in [-0.1, -0.05) is 13.8 Å². The van der Waals surface area contributed by atoms with Crippen molar-refractivity contribution in [3.63, 3.8) is 0 Å². The second-order valence-corrected chi connectivity index (χ2v) is 3.80. The molecule has 4 nitrogen and oxygen atoms in total. The Bertz CT molecular complexity index is 275. The van der Waals surface area contributed by atoms with Crippen LogP contribution in [0.3, 0.4) is 0 Å². The van der Waals surface area contributed by atoms with Gasteiger partial charge in [-0.05, 0) is 12.8 Å². The smallest absolute Gasteiger partial charge is 0.148 e. The Balaban J connectivity index is 2.47. The quantitative estimate of drug-likeness (QED) is 0.747. The van der Waals surface area contributed by atoms with E-state index in [0.29, 0.717) is 0 Å². The minimum atomic E-state index is -0.114. The lowest BCUT2D eigenvalue weighted by Crippen LogP contribution is -2.45. The summed E-state index contributed by atoms with van der Waals surface area (Å²) in [6.45, 7) is 5.00. The number of nitrogens with two attached hydrogens (primary N) is 1. The molecular formula is C10H20N4. The van der Waals surface area contributed by atoms with Gasteiger partial charge < -0.3 is 11.1 Å². The first-order chi connectivity index (χ1) is 6.59. The summed E-state index contributed by atoms with van der Waals surface area (Å²) in [7, 11) is 1.90. The Morgan fingerprint density at radius 2 is 2.14 bits per heavy atom. The van der Waals surface area contributed by atoms with Crippen LogP contribution in [0.25, 0.3) is 0 Å². The summed E-state index contributed by atoms with van der Waals surface area (Å²) < 4.78 is 1.78. The summed E-state index contributed by atoms with van der Waals surface area (Å²) in [6, 6.07) is 1.95. The maximum Gasteiger partial charge on any atom is 0.148 e. The van der Waals surface area contributed by atoms with Crippen molar-refractivity contribution in [2.75, 3.05) is 11.9 Å². The summed E-state index contributed by atoms with van der Waals surface area (Å²) >= 11 is 0. The molecule has 0 aliphatic heterocycles. The highest BCUT2D eigenvalue weighted by atomic mass is 15.3. The topological polar surface area (TPSA) is 55.9 Å². The van der Waals surface area contributed by atoms with E-state index in [2.05, 4.69) is 24.3 Å². The van der Waals surface area contributed by atoms with Crippen molar-refractivity contribution < 1.29 is 0 Å². The van der Waals surface area contributed by atoms with E-state index in [1.54, 1.807) is 4.68 Å². The first kappa shape index (κ1) is 11.0. The van der Waals surface area contributed by atoms with Gasteiger partial charge in [-0.2, -0.15) is 5.10 Å². The van der Waals surface area contributed by atoms with Gasteiger partial charge in [-0.15, -0.1) is 0 Å². The normalized spacial score (nSPS) is 11.7. The average Bonchev–Trinajstić information content (AvgIpc) is 2.61. The van der Waals surface area contributed by atoms with Crippen LogP contribution in [0.2, 0.25) is 0 Å². The molecule has 0 amide bonds. The molecular weight excluding hydrogens is 176 g/mol. The molecule has 1 aromatic rings. The first-order valence-electron chi connectivity index (χ1n) is 5.12. The molecule has 0 aliphatic rings. The lowest BCUT2D eigenvalue weighted by atomic mass is 9.94. The van der Waals surface area contributed by atoms with Crippen LogP contribution in [0.5, 0.6) is 0 Å². The predicted octanol–water partition coefficient (Wildman–Crippen LogP) is 1.35. The van der Waals surface area contributed by atoms with Crippen molar-refractivity contribution in [3.8, 4) is 0 Å². The van der Waals surface area contributed by atoms with Gasteiger partial charge in [0.15, 0.2) is 0 Å². The van der Waals surface area contributed by atoms with E-state index in [4.69, 9.17) is 5.73 Å². The zero-order chi connectivity index (χ0) is 10.6. The summed E-state index contributed by atoms with van der Waals surface area (Å²) in [5, 5.41) is 7.48. The van der Waals surface area contributed by atoms with Crippen molar-refractivity contribution in [1.82, 2.24) is 9.78 Å². The molecule has 1 aromatic heterocycles. The van der Waals surface area contributed by atoms with Crippen molar-refractivity contribution in [3.05, 3.63) is 12.3 Å². The van der Waals surface area contributed by atoms with Gasteiger partial charge >= 0.3 is 0 Å². The van der Waals surface area contributed by atoms with Gasteiger partial charge in [0.05, 0.1) is 0 Å². The summed E-state index contributed by atoms with van der Waals surface area (Å²) in [5.41, 5.74) is 6.04. The molecule has 0 saturated heterocycles. The molecule has 3 N–H and O–H groups in total. The largest absolute Gasteiger partial charge is 0.367 e. The molecule has 0 aromatic carbocycles. The van der Waals surface area contributed by atoms with Crippen LogP contribution in [-0.2, 0) is 7.05 Å². The molecule has 0 aliphatic carbocycles. The van der Waals surface area contributed by atoms with Crippen LogP contribution in [-0.4, -0.2) is 21.9 Å². The van der Waals surface area contributed by atoms with Crippen LogP contribution in [0.1, 0.15) is 26.7 Å². The van der Waals surface area contributed by atoms with E-state index in [1.807, 2.05) is 19.3 Å². The third-order valence-corrected chi connectivity index (χ3v) is 2.74. The molecule has 80 valence electrons. The van der Waals surface area contributed by atoms with Crippen LogP contribution < -0.4 is 11.1 Å². The molecule has 1 heterocycles. The van der Waals surface area contributed by atoms with E-state index in [-0.39, 0.29) is 5.54 Å². The maximum atomic E-state index is 6.15. The van der Waals surface area contributed by atoms with Crippen LogP contribution in [0.4, 0.5) is 5.82 Å². The van der Waals surface area contributed by atoms with Crippen LogP contribution in [0.15, 0.2) is 12.3 Å². The van der Waals surface area contributed by atoms with Gasteiger partial charge in [-0.3, -0.25) is 4.68 Å². The molecule has 0 radical (unpaired) electrons. The van der Waals surface area contributed by atoms with Crippen LogP contribution in [0, 0.1) is 0 Å². The van der Waals surface area contributed by atoms with Crippen molar-refractivity contribution in [2.45, 2.75) is 32.2 Å².